The number of anilines is 1. The number of nitrogens with zero attached hydrogens (tertiary/aromatic N) is 1. The van der Waals surface area contributed by atoms with Crippen LogP contribution >= 0.6 is 0 Å². The van der Waals surface area contributed by atoms with E-state index < -0.39 is 92.7 Å². The zero-order valence-electron chi connectivity index (χ0n) is 37.2. The maximum atomic E-state index is 12.5. The molecule has 6 N–H and O–H groups in total. The molecule has 1 aliphatic heterocycles. The summed E-state index contributed by atoms with van der Waals surface area (Å²) in [6.45, 7) is 11.5. The Balaban J connectivity index is 1.56. The second-order valence-electron chi connectivity index (χ2n) is 17.1. The molecule has 1 aliphatic rings. The van der Waals surface area contributed by atoms with Gasteiger partial charge in [0.25, 0.3) is 50.6 Å². The lowest BCUT2D eigenvalue weighted by molar-refractivity contribution is -0.137. The summed E-state index contributed by atoms with van der Waals surface area (Å²) >= 11 is 0. The Kier molecular flexibility index (Phi) is 15.6. The third-order valence-electron chi connectivity index (χ3n) is 11.9. The summed E-state index contributed by atoms with van der Waals surface area (Å²) in [5, 5.41) is 9.19. The molecule has 1 heterocycles. The number of hydrogen-bond donors (Lipinski definition) is 6. The van der Waals surface area contributed by atoms with Crippen LogP contribution in [0.4, 0.5) is 5.69 Å². The fraction of sp³-hybridized carbons (Fsp3) is 0.311. The summed E-state index contributed by atoms with van der Waals surface area (Å²) < 4.78 is 172. The van der Waals surface area contributed by atoms with Crippen LogP contribution in [0.1, 0.15) is 76.0 Å². The number of carboxylic acid groups (broad SMARTS) is 1. The van der Waals surface area contributed by atoms with E-state index in [9.17, 15) is 69.6 Å². The third-order valence-corrected chi connectivity index (χ3v) is 16.2. The van der Waals surface area contributed by atoms with Gasteiger partial charge in [-0.05, 0) is 102 Å². The van der Waals surface area contributed by atoms with Crippen molar-refractivity contribution in [1.82, 2.24) is 0 Å². The van der Waals surface area contributed by atoms with Gasteiger partial charge in [-0.25, -0.2) is 0 Å². The van der Waals surface area contributed by atoms with Gasteiger partial charge in [0.1, 0.15) is 9.79 Å². The van der Waals surface area contributed by atoms with Gasteiger partial charge in [0.15, 0.2) is 0 Å². The van der Waals surface area contributed by atoms with E-state index in [1.165, 1.54) is 18.2 Å². The smallest absolute Gasteiger partial charge is 0.303 e. The van der Waals surface area contributed by atoms with E-state index >= 15 is 0 Å². The highest BCUT2D eigenvalue weighted by Crippen LogP contribution is 2.52. The van der Waals surface area contributed by atoms with Crippen LogP contribution in [-0.2, 0) is 66.2 Å². The highest BCUT2D eigenvalue weighted by molar-refractivity contribution is 7.87. The molecule has 368 valence electrons. The van der Waals surface area contributed by atoms with Crippen molar-refractivity contribution in [2.45, 2.75) is 96.6 Å². The number of benzene rings is 4. The topological polar surface area (TPSA) is 312 Å². The number of aryl methyl sites for hydroxylation is 1. The number of allylic oxidation sites excluding steroid dienone is 9. The van der Waals surface area contributed by atoms with Crippen LogP contribution in [0.2, 0.25) is 0 Å². The van der Waals surface area contributed by atoms with Crippen molar-refractivity contribution in [3.63, 3.8) is 0 Å². The third kappa shape index (κ3) is 12.0. The standard InChI is InChI=1S/C45H51NO17S5/c1-29-18-19-33-35(25-31(65(52,53)54)27-38(33)67(58,59)60)42(29)45(5,22-14-24-64(49,50)51)30(2)15-10-7-6-8-11-16-40-44(3,4)43-36-26-32(66(55,56)57)28-39(68(61,62)63)34(36)20-21-37(43)46(40)23-13-9-12-17-41(47)48/h6-8,10-11,15-16,18-21,25-28H,2,9,12-14,17,22-24H2,1,3-5H3,(H,47,48)(H,49,50,51)(H,52,53,54)(H,55,56,57)(H,58,59,60)(H,61,62,63)/b7-6+,11-8+,15-10+,40-16+. The Morgan fingerprint density at radius 2 is 1.21 bits per heavy atom. The number of carbonyl (C=O) groups is 1. The zero-order chi connectivity index (χ0) is 51.0. The normalized spacial score (nSPS) is 16.4. The Morgan fingerprint density at radius 1 is 0.676 bits per heavy atom. The van der Waals surface area contributed by atoms with Crippen molar-refractivity contribution in [3.8, 4) is 0 Å². The molecular formula is C45H51NO17S5. The Bertz CT molecular complexity index is 3430. The Hall–Kier alpha value is -5.08. The number of aliphatic carboxylic acids is 1. The molecule has 1 atom stereocenters. The second-order valence-corrected chi connectivity index (χ2v) is 24.3. The van der Waals surface area contributed by atoms with Crippen molar-refractivity contribution < 1.29 is 74.8 Å². The lowest BCUT2D eigenvalue weighted by Crippen LogP contribution is -2.27. The summed E-state index contributed by atoms with van der Waals surface area (Å²) in [6.07, 6.45) is 12.9. The summed E-state index contributed by atoms with van der Waals surface area (Å²) in [6, 6.07) is 9.41. The summed E-state index contributed by atoms with van der Waals surface area (Å²) in [5.41, 5.74) is 0.621. The van der Waals surface area contributed by atoms with Crippen molar-refractivity contribution >= 4 is 83.8 Å². The summed E-state index contributed by atoms with van der Waals surface area (Å²) in [4.78, 5) is 10.00. The van der Waals surface area contributed by atoms with Gasteiger partial charge in [0, 0.05) is 46.0 Å². The van der Waals surface area contributed by atoms with Gasteiger partial charge < -0.3 is 10.0 Å². The first-order valence-corrected chi connectivity index (χ1v) is 28.0. The predicted molar refractivity (Wildman–Crippen MR) is 256 cm³/mol. The first-order chi connectivity index (χ1) is 31.2. The van der Waals surface area contributed by atoms with Gasteiger partial charge in [0.05, 0.1) is 15.5 Å². The molecular weight excluding hydrogens is 987 g/mol. The van der Waals surface area contributed by atoms with E-state index in [1.807, 2.05) is 18.7 Å². The van der Waals surface area contributed by atoms with E-state index in [4.69, 9.17) is 5.11 Å². The minimum absolute atomic E-state index is 0.000184. The monoisotopic (exact) mass is 1040 g/mol. The number of carboxylic acids is 1. The van der Waals surface area contributed by atoms with Gasteiger partial charge in [-0.1, -0.05) is 88.4 Å². The Morgan fingerprint density at radius 3 is 1.75 bits per heavy atom. The fourth-order valence-electron chi connectivity index (χ4n) is 8.79. The molecule has 0 amide bonds. The van der Waals surface area contributed by atoms with Crippen LogP contribution in [-0.4, -0.2) is 88.2 Å². The lowest BCUT2D eigenvalue weighted by atomic mass is 9.70. The molecule has 0 aliphatic carbocycles. The van der Waals surface area contributed by atoms with Crippen LogP contribution in [0.5, 0.6) is 0 Å². The van der Waals surface area contributed by atoms with Crippen LogP contribution in [0.3, 0.4) is 0 Å². The van der Waals surface area contributed by atoms with E-state index in [0.717, 1.165) is 12.1 Å². The molecule has 1 unspecified atom stereocenters. The van der Waals surface area contributed by atoms with Crippen LogP contribution in [0.15, 0.2) is 128 Å². The number of hydrogen-bond acceptors (Lipinski definition) is 12. The SMILES string of the molecule is C=C(/C=C/C=C/C=C/C=C1/N(CCCCCC(=O)O)c2ccc3c(S(=O)(=O)O)cc(S(=O)(=O)O)cc3c2C1(C)C)C(C)(CCCS(=O)(=O)O)c1c(C)ccc2c(S(=O)(=O)O)cc(S(=O)(=O)O)cc12. The second kappa shape index (κ2) is 19.7. The number of fused-ring (bicyclic) bond motifs is 4. The van der Waals surface area contributed by atoms with Gasteiger partial charge in [0.2, 0.25) is 0 Å². The average molecular weight is 1040 g/mol. The molecule has 0 saturated carbocycles. The average Bonchev–Trinajstić information content (AvgIpc) is 3.41. The van der Waals surface area contributed by atoms with Gasteiger partial charge >= 0.3 is 5.97 Å². The molecule has 0 spiro atoms. The summed E-state index contributed by atoms with van der Waals surface area (Å²) in [5.74, 6) is -1.60. The molecule has 0 saturated heterocycles. The van der Waals surface area contributed by atoms with Gasteiger partial charge in [-0.3, -0.25) is 27.6 Å². The molecule has 0 bridgehead atoms. The van der Waals surface area contributed by atoms with Crippen molar-refractivity contribution in [1.29, 1.82) is 0 Å². The summed E-state index contributed by atoms with van der Waals surface area (Å²) in [7, 11) is -24.4. The molecule has 0 radical (unpaired) electrons. The zero-order valence-corrected chi connectivity index (χ0v) is 41.3. The van der Waals surface area contributed by atoms with Crippen LogP contribution in [0, 0.1) is 6.92 Å². The maximum absolute atomic E-state index is 12.5. The van der Waals surface area contributed by atoms with Crippen molar-refractivity contribution in [3.05, 3.63) is 126 Å². The first kappa shape index (κ1) is 53.9. The minimum atomic E-state index is -5.05. The Labute approximate surface area is 395 Å². The fourth-order valence-corrected chi connectivity index (χ4v) is 12.0. The van der Waals surface area contributed by atoms with E-state index in [2.05, 4.69) is 6.58 Å². The molecule has 5 rings (SSSR count). The molecule has 23 heteroatoms. The maximum Gasteiger partial charge on any atom is 0.303 e. The quantitative estimate of drug-likeness (QED) is 0.0280. The first-order valence-electron chi connectivity index (χ1n) is 20.6. The molecule has 18 nitrogen and oxygen atoms in total. The number of unbranched alkanes of at least 4 members (excludes halogenated alkanes) is 2. The van der Waals surface area contributed by atoms with Crippen molar-refractivity contribution in [2.24, 2.45) is 0 Å². The minimum Gasteiger partial charge on any atom is -0.481 e. The van der Waals surface area contributed by atoms with Gasteiger partial charge in [-0.15, -0.1) is 0 Å². The van der Waals surface area contributed by atoms with Crippen molar-refractivity contribution in [2.75, 3.05) is 17.2 Å². The largest absolute Gasteiger partial charge is 0.481 e. The van der Waals surface area contributed by atoms with Crippen LogP contribution in [0.25, 0.3) is 21.5 Å². The molecule has 0 fully saturated rings. The van der Waals surface area contributed by atoms with Crippen LogP contribution < -0.4 is 4.90 Å². The highest BCUT2D eigenvalue weighted by atomic mass is 32.2. The highest BCUT2D eigenvalue weighted by Gasteiger charge is 2.42. The van der Waals surface area contributed by atoms with E-state index in [-0.39, 0.29) is 40.8 Å². The molecule has 4 aromatic carbocycles. The molecule has 68 heavy (non-hydrogen) atoms. The molecule has 4 aromatic rings. The lowest BCUT2D eigenvalue weighted by Gasteiger charge is -2.34. The van der Waals surface area contributed by atoms with E-state index in [0.29, 0.717) is 71.6 Å². The van der Waals surface area contributed by atoms with E-state index in [1.54, 1.807) is 62.4 Å². The number of rotatable bonds is 20. The van der Waals surface area contributed by atoms with Gasteiger partial charge in [-0.2, -0.15) is 42.1 Å². The molecule has 0 aromatic heterocycles. The predicted octanol–water partition coefficient (Wildman–Crippen LogP) is 7.77.